The molecule has 3 fully saturated rings. The van der Waals surface area contributed by atoms with Gasteiger partial charge in [-0.1, -0.05) is 13.8 Å². The second-order valence-electron chi connectivity index (χ2n) is 24.3. The Balaban J connectivity index is 1.90. The third kappa shape index (κ3) is 27.0. The minimum atomic E-state index is -1.39. The molecule has 26 N–H and O–H groups in total. The molecule has 0 spiro atoms. The summed E-state index contributed by atoms with van der Waals surface area (Å²) >= 11 is 4.16. The number of amides is 10. The normalized spacial score (nSPS) is 18.8. The van der Waals surface area contributed by atoms with Crippen LogP contribution in [0.25, 0.3) is 0 Å². The summed E-state index contributed by atoms with van der Waals surface area (Å²) in [5, 5.41) is 29.0. The summed E-state index contributed by atoms with van der Waals surface area (Å²) in [5.74, 6) is -8.72. The number of nitrogens with zero attached hydrogens (tertiary/aromatic N) is 5. The number of carbonyl (C=O) groups excluding carboxylic acids is 10. The first-order valence-electron chi connectivity index (χ1n) is 32.9. The molecule has 0 saturated carbocycles. The van der Waals surface area contributed by atoms with Gasteiger partial charge in [0.1, 0.15) is 60.4 Å². The van der Waals surface area contributed by atoms with E-state index in [1.165, 1.54) is 14.7 Å². The number of aliphatic imine (C=N–C) groups is 2. The Hall–Kier alpha value is -7.14. The second-order valence-corrected chi connectivity index (χ2v) is 24.7. The number of aliphatic carboxylic acids is 1. The van der Waals surface area contributed by atoms with E-state index in [0.717, 1.165) is 0 Å². The highest BCUT2D eigenvalue weighted by molar-refractivity contribution is 7.80. The van der Waals surface area contributed by atoms with E-state index in [4.69, 9.17) is 51.6 Å². The minimum Gasteiger partial charge on any atom is -0.480 e. The lowest BCUT2D eigenvalue weighted by molar-refractivity contribution is -0.150. The Bertz CT molecular complexity index is 2510. The number of carbonyl (C=O) groups is 11. The van der Waals surface area contributed by atoms with E-state index in [1.54, 1.807) is 13.8 Å². The number of hydrogen-bond acceptors (Lipinski definition) is 19. The number of hydrogen-bond donors (Lipinski definition) is 18. The highest BCUT2D eigenvalue weighted by Crippen LogP contribution is 2.29. The van der Waals surface area contributed by atoms with Crippen molar-refractivity contribution in [2.24, 2.45) is 67.5 Å². The van der Waals surface area contributed by atoms with Crippen molar-refractivity contribution in [3.63, 3.8) is 0 Å². The second kappa shape index (κ2) is 43.0. The van der Waals surface area contributed by atoms with Gasteiger partial charge in [0.25, 0.3) is 0 Å². The first-order valence-corrected chi connectivity index (χ1v) is 33.5. The summed E-state index contributed by atoms with van der Waals surface area (Å²) in [5.41, 5.74) is 51.3. The van der Waals surface area contributed by atoms with Crippen LogP contribution in [0.3, 0.4) is 0 Å². The molecule has 33 nitrogen and oxygen atoms in total. The third-order valence-electron chi connectivity index (χ3n) is 16.7. The van der Waals surface area contributed by atoms with Crippen molar-refractivity contribution < 1.29 is 57.8 Å². The molecule has 10 amide bonds. The first kappa shape index (κ1) is 80.1. The van der Waals surface area contributed by atoms with Gasteiger partial charge in [0.15, 0.2) is 11.9 Å². The summed E-state index contributed by atoms with van der Waals surface area (Å²) in [6.45, 7) is 5.39. The van der Waals surface area contributed by atoms with Gasteiger partial charge in [-0.2, -0.15) is 12.6 Å². The predicted molar refractivity (Wildman–Crippen MR) is 353 cm³/mol. The van der Waals surface area contributed by atoms with Crippen LogP contribution in [-0.2, 0) is 52.7 Å². The quantitative estimate of drug-likeness (QED) is 0.0118. The summed E-state index contributed by atoms with van der Waals surface area (Å²) < 4.78 is 0. The largest absolute Gasteiger partial charge is 0.480 e. The molecule has 0 radical (unpaired) electrons. The smallest absolute Gasteiger partial charge is 0.326 e. The monoisotopic (exact) mass is 1340 g/mol. The van der Waals surface area contributed by atoms with E-state index in [2.05, 4.69) is 59.8 Å². The Labute approximate surface area is 551 Å². The molecular weight excluding hydrogens is 1230 g/mol. The molecule has 0 bridgehead atoms. The molecule has 528 valence electrons. The number of likely N-dealkylation sites (tertiary alicyclic amines) is 3. The van der Waals surface area contributed by atoms with Crippen molar-refractivity contribution in [1.29, 1.82) is 0 Å². The molecule has 0 aromatic rings. The van der Waals surface area contributed by atoms with Crippen LogP contribution in [0.1, 0.15) is 155 Å². The van der Waals surface area contributed by atoms with Crippen molar-refractivity contribution in [2.45, 2.75) is 222 Å². The van der Waals surface area contributed by atoms with Gasteiger partial charge < -0.3 is 109 Å². The fraction of sp³-hybridized carbons (Fsp3) is 0.780. The van der Waals surface area contributed by atoms with E-state index in [1.807, 2.05) is 0 Å². The molecule has 3 aliphatic heterocycles. The van der Waals surface area contributed by atoms with Crippen LogP contribution in [0.4, 0.5) is 0 Å². The lowest BCUT2D eigenvalue weighted by atomic mass is 10.0. The third-order valence-corrected chi connectivity index (χ3v) is 17.1. The van der Waals surface area contributed by atoms with Crippen LogP contribution < -0.4 is 88.8 Å². The highest BCUT2D eigenvalue weighted by atomic mass is 32.1. The van der Waals surface area contributed by atoms with Crippen LogP contribution in [0, 0.1) is 5.92 Å². The molecule has 3 heterocycles. The first-order chi connectivity index (χ1) is 44.3. The summed E-state index contributed by atoms with van der Waals surface area (Å²) in [6.07, 6.45) is 6.19. The Morgan fingerprint density at radius 1 is 0.452 bits per heavy atom. The fourth-order valence-electron chi connectivity index (χ4n) is 11.5. The number of carboxylic acids is 1. The number of guanidine groups is 2. The molecule has 93 heavy (non-hydrogen) atoms. The highest BCUT2D eigenvalue weighted by Gasteiger charge is 2.47. The van der Waals surface area contributed by atoms with Crippen molar-refractivity contribution >= 4 is 89.6 Å². The average molecular weight is 1340 g/mol. The molecule has 0 aromatic carbocycles. The van der Waals surface area contributed by atoms with Crippen LogP contribution >= 0.6 is 12.6 Å². The molecular formula is C59H109N21O12S. The zero-order valence-electron chi connectivity index (χ0n) is 54.4. The van der Waals surface area contributed by atoms with Crippen molar-refractivity contribution in [1.82, 2.24) is 51.9 Å². The van der Waals surface area contributed by atoms with Crippen LogP contribution in [0.5, 0.6) is 0 Å². The Kier molecular flexibility index (Phi) is 37.0. The van der Waals surface area contributed by atoms with Gasteiger partial charge >= 0.3 is 5.97 Å². The predicted octanol–water partition coefficient (Wildman–Crippen LogP) is -5.03. The van der Waals surface area contributed by atoms with E-state index >= 15 is 0 Å². The number of nitrogens with one attached hydrogen (secondary N) is 7. The standard InChI is InChI=1S/C59H109N21O12S/c1-35(2)46(77-52(86)43-22-13-31-78(43)55(89)45-24-15-33-80(45)56(90)44-23-14-32-79(44)54(88)36(64)34-93)53(87)75-39(18-5-9-27-62)49(83)71-37(16-3-7-25-60)47(81)73-40(20-11-29-69-58(65)66)50(84)72-38(17-4-8-26-61)48(82)74-41(21-12-30-70-59(67)68)51(85)76-42(57(91)92)19-6-10-28-63/h35-46,93H,3-34,60-64H2,1-2H3,(H,71,83)(H,72,84)(H,73,81)(H,74,82)(H,75,87)(H,76,85)(H,77,86)(H,91,92)(H4,65,66,69)(H4,67,68,70)/t36-,37-,38-,39-,40-,41-,42-,43-,44-,45-,46-/m0/s1. The van der Waals surface area contributed by atoms with Gasteiger partial charge in [-0.05, 0) is 173 Å². The van der Waals surface area contributed by atoms with Crippen LogP contribution in [0.2, 0.25) is 0 Å². The maximum absolute atomic E-state index is 14.6. The van der Waals surface area contributed by atoms with E-state index in [0.29, 0.717) is 103 Å². The molecule has 0 aromatic heterocycles. The van der Waals surface area contributed by atoms with Crippen molar-refractivity contribution in [3.8, 4) is 0 Å². The molecule has 0 unspecified atom stereocenters. The molecule has 3 aliphatic rings. The SMILES string of the molecule is CC(C)[C@H](NC(=O)[C@@H]1CCCN1C(=O)[C@@H]1CCCN1C(=O)[C@@H]1CCCN1C(=O)[C@@H](N)CS)C(=O)N[C@@H](CCCCN)C(=O)N[C@@H](CCCCN)C(=O)N[C@@H](CCCN=C(N)N)C(=O)N[C@@H](CCCCN)C(=O)N[C@@H](CCCN=C(N)N)C(=O)N[C@@H](CCCCN)C(=O)O. The van der Waals surface area contributed by atoms with E-state index in [-0.39, 0.29) is 127 Å². The summed E-state index contributed by atoms with van der Waals surface area (Å²) in [7, 11) is 0. The number of carboxylic acid groups (broad SMARTS) is 1. The Morgan fingerprint density at radius 3 is 1.11 bits per heavy atom. The lowest BCUT2D eigenvalue weighted by Crippen LogP contribution is -2.61. The number of nitrogens with two attached hydrogens (primary N) is 9. The van der Waals surface area contributed by atoms with Crippen molar-refractivity contribution in [3.05, 3.63) is 0 Å². The van der Waals surface area contributed by atoms with Gasteiger partial charge in [-0.15, -0.1) is 0 Å². The number of thiol groups is 1. The van der Waals surface area contributed by atoms with E-state index < -0.39 is 126 Å². The Morgan fingerprint density at radius 2 is 0.763 bits per heavy atom. The zero-order valence-corrected chi connectivity index (χ0v) is 55.3. The maximum atomic E-state index is 14.6. The van der Waals surface area contributed by atoms with Gasteiger partial charge in [0.05, 0.1) is 6.04 Å². The van der Waals surface area contributed by atoms with Gasteiger partial charge in [-0.3, -0.25) is 57.9 Å². The van der Waals surface area contributed by atoms with Gasteiger partial charge in [0.2, 0.25) is 59.1 Å². The zero-order chi connectivity index (χ0) is 69.2. The molecule has 11 atom stereocenters. The molecule has 3 rings (SSSR count). The average Bonchev–Trinajstić information content (AvgIpc) is 1.69. The van der Waals surface area contributed by atoms with Crippen molar-refractivity contribution in [2.75, 3.05) is 64.7 Å². The fourth-order valence-corrected chi connectivity index (χ4v) is 11.7. The van der Waals surface area contributed by atoms with Crippen LogP contribution in [-0.4, -0.2) is 228 Å². The van der Waals surface area contributed by atoms with Gasteiger partial charge in [0, 0.05) is 38.5 Å². The van der Waals surface area contributed by atoms with Gasteiger partial charge in [-0.25, -0.2) is 4.79 Å². The maximum Gasteiger partial charge on any atom is 0.326 e. The van der Waals surface area contributed by atoms with Crippen LogP contribution in [0.15, 0.2) is 9.98 Å². The van der Waals surface area contributed by atoms with E-state index in [9.17, 15) is 57.8 Å². The topological polar surface area (TPSA) is 561 Å². The molecule has 34 heteroatoms. The summed E-state index contributed by atoms with van der Waals surface area (Å²) in [6, 6.07) is -12.7. The number of rotatable bonds is 44. The lowest BCUT2D eigenvalue weighted by Gasteiger charge is -2.35. The molecule has 0 aliphatic carbocycles. The molecule has 3 saturated heterocycles. The summed E-state index contributed by atoms with van der Waals surface area (Å²) in [4.78, 5) is 167. The number of unbranched alkanes of at least 4 members (excludes halogenated alkanes) is 4. The minimum absolute atomic E-state index is 0.0136.